The molecular weight excluding hydrogens is 384 g/mol. The Balaban J connectivity index is 1.43. The van der Waals surface area contributed by atoms with Crippen LogP contribution in [0, 0.1) is 11.6 Å². The molecule has 1 aliphatic rings. The van der Waals surface area contributed by atoms with Crippen molar-refractivity contribution in [1.29, 1.82) is 0 Å². The maximum absolute atomic E-state index is 14.3. The maximum Gasteiger partial charge on any atom is 0.253 e. The molecule has 0 aromatic heterocycles. The molecule has 4 rings (SSSR count). The van der Waals surface area contributed by atoms with Gasteiger partial charge in [-0.25, -0.2) is 8.78 Å². The summed E-state index contributed by atoms with van der Waals surface area (Å²) in [6.07, 6.45) is 0. The number of hydrogen-bond acceptors (Lipinski definition) is 3. The van der Waals surface area contributed by atoms with Gasteiger partial charge in [0.1, 0.15) is 0 Å². The summed E-state index contributed by atoms with van der Waals surface area (Å²) in [4.78, 5) is 16.4. The summed E-state index contributed by atoms with van der Waals surface area (Å²) in [6, 6.07) is 21.6. The van der Waals surface area contributed by atoms with Gasteiger partial charge in [0.05, 0.1) is 5.69 Å². The zero-order valence-electron chi connectivity index (χ0n) is 16.5. The van der Waals surface area contributed by atoms with E-state index in [0.29, 0.717) is 44.0 Å². The van der Waals surface area contributed by atoms with E-state index in [-0.39, 0.29) is 11.6 Å². The number of piperazine rings is 1. The van der Waals surface area contributed by atoms with Crippen molar-refractivity contribution in [2.75, 3.05) is 36.4 Å². The van der Waals surface area contributed by atoms with Crippen LogP contribution in [0.4, 0.5) is 20.2 Å². The highest BCUT2D eigenvalue weighted by molar-refractivity contribution is 5.94. The minimum absolute atomic E-state index is 0.00856. The number of nitrogens with zero attached hydrogens (tertiary/aromatic N) is 2. The molecule has 0 radical (unpaired) electrons. The Morgan fingerprint density at radius 1 is 0.867 bits per heavy atom. The summed E-state index contributed by atoms with van der Waals surface area (Å²) in [5.74, 6) is -1.77. The molecule has 1 aliphatic heterocycles. The summed E-state index contributed by atoms with van der Waals surface area (Å²) in [5.41, 5.74) is 2.38. The van der Waals surface area contributed by atoms with E-state index in [4.69, 9.17) is 0 Å². The standard InChI is InChI=1S/C24H23F2N3O/c25-21-15-20(16-22(23(21)26)27-17-18-7-3-1-4-8-18)28-11-13-29(14-12-28)24(30)19-9-5-2-6-10-19/h1-10,15-16,27H,11-14,17H2. The molecule has 0 bridgehead atoms. The third-order valence-electron chi connectivity index (χ3n) is 5.29. The van der Waals surface area contributed by atoms with Crippen molar-refractivity contribution in [3.8, 4) is 0 Å². The highest BCUT2D eigenvalue weighted by Crippen LogP contribution is 2.27. The third kappa shape index (κ3) is 4.43. The molecule has 154 valence electrons. The largest absolute Gasteiger partial charge is 0.378 e. The number of amides is 1. The SMILES string of the molecule is O=C(c1ccccc1)N1CCN(c2cc(F)c(F)c(NCc3ccccc3)c2)CC1. The molecule has 1 heterocycles. The molecule has 1 N–H and O–H groups in total. The second kappa shape index (κ2) is 8.95. The van der Waals surface area contributed by atoms with E-state index in [1.165, 1.54) is 6.07 Å². The van der Waals surface area contributed by atoms with Crippen LogP contribution in [-0.2, 0) is 6.54 Å². The van der Waals surface area contributed by atoms with E-state index in [1.54, 1.807) is 23.1 Å². The fraction of sp³-hybridized carbons (Fsp3) is 0.208. The molecule has 1 fully saturated rings. The van der Waals surface area contributed by atoms with Gasteiger partial charge in [-0.1, -0.05) is 48.5 Å². The topological polar surface area (TPSA) is 35.6 Å². The van der Waals surface area contributed by atoms with Gasteiger partial charge in [0, 0.05) is 50.0 Å². The Morgan fingerprint density at radius 2 is 1.50 bits per heavy atom. The number of halogens is 2. The first kappa shape index (κ1) is 19.9. The van der Waals surface area contributed by atoms with Crippen LogP contribution in [0.5, 0.6) is 0 Å². The summed E-state index contributed by atoms with van der Waals surface area (Å²) in [5, 5.41) is 2.99. The van der Waals surface area contributed by atoms with Crippen molar-refractivity contribution in [1.82, 2.24) is 4.90 Å². The molecule has 0 unspecified atom stereocenters. The van der Waals surface area contributed by atoms with Crippen molar-refractivity contribution in [3.05, 3.63) is 95.6 Å². The van der Waals surface area contributed by atoms with Crippen LogP contribution in [0.3, 0.4) is 0 Å². The van der Waals surface area contributed by atoms with Crippen molar-refractivity contribution >= 4 is 17.3 Å². The van der Waals surface area contributed by atoms with Gasteiger partial charge in [0.25, 0.3) is 5.91 Å². The van der Waals surface area contributed by atoms with Gasteiger partial charge in [0.2, 0.25) is 0 Å². The second-order valence-corrected chi connectivity index (χ2v) is 7.27. The number of benzene rings is 3. The molecule has 0 aliphatic carbocycles. The van der Waals surface area contributed by atoms with E-state index in [2.05, 4.69) is 5.32 Å². The van der Waals surface area contributed by atoms with Crippen molar-refractivity contribution < 1.29 is 13.6 Å². The molecule has 3 aromatic carbocycles. The Hall–Kier alpha value is -3.41. The number of rotatable bonds is 5. The van der Waals surface area contributed by atoms with Gasteiger partial charge in [-0.15, -0.1) is 0 Å². The Labute approximate surface area is 174 Å². The fourth-order valence-electron chi connectivity index (χ4n) is 3.61. The molecule has 0 spiro atoms. The molecule has 6 heteroatoms. The average molecular weight is 407 g/mol. The van der Waals surface area contributed by atoms with Gasteiger partial charge in [-0.3, -0.25) is 4.79 Å². The molecule has 1 saturated heterocycles. The highest BCUT2D eigenvalue weighted by Gasteiger charge is 2.23. The second-order valence-electron chi connectivity index (χ2n) is 7.27. The van der Waals surface area contributed by atoms with Gasteiger partial charge in [0.15, 0.2) is 11.6 Å². The summed E-state index contributed by atoms with van der Waals surface area (Å²) >= 11 is 0. The van der Waals surface area contributed by atoms with Crippen molar-refractivity contribution in [2.45, 2.75) is 6.54 Å². The van der Waals surface area contributed by atoms with Gasteiger partial charge in [-0.05, 0) is 23.8 Å². The van der Waals surface area contributed by atoms with Crippen LogP contribution in [0.15, 0.2) is 72.8 Å². The van der Waals surface area contributed by atoms with Crippen LogP contribution in [0.1, 0.15) is 15.9 Å². The van der Waals surface area contributed by atoms with Crippen LogP contribution < -0.4 is 10.2 Å². The van der Waals surface area contributed by atoms with Crippen molar-refractivity contribution in [2.24, 2.45) is 0 Å². The lowest BCUT2D eigenvalue weighted by molar-refractivity contribution is 0.0746. The minimum Gasteiger partial charge on any atom is -0.378 e. The number of carbonyl (C=O) groups excluding carboxylic acids is 1. The highest BCUT2D eigenvalue weighted by atomic mass is 19.2. The van der Waals surface area contributed by atoms with E-state index in [0.717, 1.165) is 5.56 Å². The van der Waals surface area contributed by atoms with E-state index >= 15 is 0 Å². The summed E-state index contributed by atoms with van der Waals surface area (Å²) in [6.45, 7) is 2.57. The zero-order valence-corrected chi connectivity index (χ0v) is 16.5. The monoisotopic (exact) mass is 407 g/mol. The van der Waals surface area contributed by atoms with Gasteiger partial charge in [-0.2, -0.15) is 0 Å². The average Bonchev–Trinajstić information content (AvgIpc) is 2.81. The quantitative estimate of drug-likeness (QED) is 0.675. The smallest absolute Gasteiger partial charge is 0.253 e. The molecule has 30 heavy (non-hydrogen) atoms. The van der Waals surface area contributed by atoms with Crippen LogP contribution in [0.25, 0.3) is 0 Å². The molecule has 0 atom stereocenters. The van der Waals surface area contributed by atoms with E-state index in [1.807, 2.05) is 53.4 Å². The molecule has 3 aromatic rings. The Bertz CT molecular complexity index is 1000. The normalized spacial score (nSPS) is 13.9. The van der Waals surface area contributed by atoms with E-state index in [9.17, 15) is 13.6 Å². The number of anilines is 2. The van der Waals surface area contributed by atoms with E-state index < -0.39 is 11.6 Å². The lowest BCUT2D eigenvalue weighted by Crippen LogP contribution is -2.48. The lowest BCUT2D eigenvalue weighted by Gasteiger charge is -2.36. The molecule has 4 nitrogen and oxygen atoms in total. The number of carbonyl (C=O) groups is 1. The fourth-order valence-corrected chi connectivity index (χ4v) is 3.61. The maximum atomic E-state index is 14.3. The minimum atomic E-state index is -0.883. The Kier molecular flexibility index (Phi) is 5.93. The Morgan fingerprint density at radius 3 is 2.17 bits per heavy atom. The molecule has 0 saturated carbocycles. The first-order chi connectivity index (χ1) is 14.6. The number of hydrogen-bond donors (Lipinski definition) is 1. The van der Waals surface area contributed by atoms with Gasteiger partial charge >= 0.3 is 0 Å². The zero-order chi connectivity index (χ0) is 20.9. The van der Waals surface area contributed by atoms with Crippen molar-refractivity contribution in [3.63, 3.8) is 0 Å². The first-order valence-electron chi connectivity index (χ1n) is 9.98. The predicted octanol–water partition coefficient (Wildman–Crippen LogP) is 4.54. The lowest BCUT2D eigenvalue weighted by atomic mass is 10.1. The predicted molar refractivity (Wildman–Crippen MR) is 115 cm³/mol. The van der Waals surface area contributed by atoms with Crippen LogP contribution in [-0.4, -0.2) is 37.0 Å². The summed E-state index contributed by atoms with van der Waals surface area (Å²) in [7, 11) is 0. The third-order valence-corrected chi connectivity index (χ3v) is 5.29. The van der Waals surface area contributed by atoms with Crippen LogP contribution in [0.2, 0.25) is 0 Å². The number of nitrogens with one attached hydrogen (secondary N) is 1. The molecular formula is C24H23F2N3O. The van der Waals surface area contributed by atoms with Crippen LogP contribution >= 0.6 is 0 Å². The molecule has 1 amide bonds. The first-order valence-corrected chi connectivity index (χ1v) is 9.98. The van der Waals surface area contributed by atoms with Gasteiger partial charge < -0.3 is 15.1 Å². The summed E-state index contributed by atoms with van der Waals surface area (Å²) < 4.78 is 28.5.